The lowest BCUT2D eigenvalue weighted by Crippen LogP contribution is -2.08. The topological polar surface area (TPSA) is 89.6 Å². The molecule has 0 fully saturated rings. The van der Waals surface area contributed by atoms with Crippen LogP contribution in [0.15, 0.2) is 22.8 Å². The molecule has 1 rings (SSSR count). The van der Waals surface area contributed by atoms with Crippen molar-refractivity contribution in [1.82, 2.24) is 4.98 Å². The van der Waals surface area contributed by atoms with Crippen LogP contribution in [0.2, 0.25) is 0 Å². The number of carboxylic acids is 1. The fraction of sp³-hybridized carbons (Fsp3) is 0.300. The van der Waals surface area contributed by atoms with Gasteiger partial charge in [0.25, 0.3) is 0 Å². The van der Waals surface area contributed by atoms with Gasteiger partial charge >= 0.3 is 11.9 Å². The van der Waals surface area contributed by atoms with Crippen molar-refractivity contribution < 1.29 is 23.8 Å². The number of oxazole rings is 1. The van der Waals surface area contributed by atoms with Crippen molar-refractivity contribution >= 4 is 11.9 Å². The van der Waals surface area contributed by atoms with E-state index in [9.17, 15) is 9.59 Å². The normalized spacial score (nSPS) is 9.81. The van der Waals surface area contributed by atoms with E-state index in [1.54, 1.807) is 0 Å². The third-order valence-corrected chi connectivity index (χ3v) is 1.67. The smallest absolute Gasteiger partial charge is 0.357 e. The summed E-state index contributed by atoms with van der Waals surface area (Å²) in [5, 5.41) is 8.57. The number of hydrogen-bond acceptors (Lipinski definition) is 5. The van der Waals surface area contributed by atoms with Gasteiger partial charge < -0.3 is 14.3 Å². The average molecular weight is 225 g/mol. The van der Waals surface area contributed by atoms with Gasteiger partial charge in [-0.15, -0.1) is 0 Å². The molecule has 0 radical (unpaired) electrons. The highest BCUT2D eigenvalue weighted by Crippen LogP contribution is 2.03. The van der Waals surface area contributed by atoms with Crippen LogP contribution in [0.3, 0.4) is 0 Å². The van der Waals surface area contributed by atoms with Gasteiger partial charge in [0.15, 0.2) is 11.6 Å². The molecule has 0 bridgehead atoms. The Labute approximate surface area is 91.5 Å². The van der Waals surface area contributed by atoms with Crippen molar-refractivity contribution in [2.45, 2.75) is 13.3 Å². The van der Waals surface area contributed by atoms with E-state index in [4.69, 9.17) is 14.3 Å². The molecule has 0 atom stereocenters. The molecule has 0 amide bonds. The number of ether oxygens (including phenoxy) is 1. The third kappa shape index (κ3) is 3.23. The van der Waals surface area contributed by atoms with Crippen LogP contribution >= 0.6 is 0 Å². The second-order valence-corrected chi connectivity index (χ2v) is 3.10. The van der Waals surface area contributed by atoms with Crippen LogP contribution in [0, 0.1) is 0 Å². The Kier molecular flexibility index (Phi) is 3.82. The molecule has 0 aliphatic heterocycles. The van der Waals surface area contributed by atoms with E-state index in [0.717, 1.165) is 6.26 Å². The fourth-order valence-electron chi connectivity index (χ4n) is 0.878. The van der Waals surface area contributed by atoms with E-state index >= 15 is 0 Å². The lowest BCUT2D eigenvalue weighted by Gasteiger charge is -2.01. The summed E-state index contributed by atoms with van der Waals surface area (Å²) < 4.78 is 9.65. The molecule has 6 nitrogen and oxygen atoms in total. The van der Waals surface area contributed by atoms with Crippen LogP contribution in [-0.4, -0.2) is 28.6 Å². The summed E-state index contributed by atoms with van der Waals surface area (Å²) in [6, 6.07) is 0. The van der Waals surface area contributed by atoms with Gasteiger partial charge in [-0.3, -0.25) is 0 Å². The molecule has 1 aromatic rings. The zero-order valence-electron chi connectivity index (χ0n) is 8.73. The Bertz CT molecular complexity index is 421. The van der Waals surface area contributed by atoms with E-state index in [0.29, 0.717) is 5.57 Å². The number of carbonyl (C=O) groups is 2. The minimum atomic E-state index is -1.16. The lowest BCUT2D eigenvalue weighted by molar-refractivity contribution is -0.138. The van der Waals surface area contributed by atoms with Gasteiger partial charge in [-0.05, 0) is 6.92 Å². The number of aromatic carboxylic acids is 1. The van der Waals surface area contributed by atoms with Crippen LogP contribution in [0.4, 0.5) is 0 Å². The first-order valence-corrected chi connectivity index (χ1v) is 4.51. The highest BCUT2D eigenvalue weighted by molar-refractivity contribution is 5.87. The number of carbonyl (C=O) groups excluding carboxylic acids is 1. The van der Waals surface area contributed by atoms with Crippen molar-refractivity contribution in [3.05, 3.63) is 30.0 Å². The minimum Gasteiger partial charge on any atom is -0.476 e. The molecule has 0 aliphatic carbocycles. The number of aromatic nitrogens is 1. The molecule has 6 heteroatoms. The average Bonchev–Trinajstić information content (AvgIpc) is 2.66. The van der Waals surface area contributed by atoms with Gasteiger partial charge in [0, 0.05) is 5.57 Å². The van der Waals surface area contributed by atoms with E-state index < -0.39 is 11.9 Å². The molecule has 0 spiro atoms. The summed E-state index contributed by atoms with van der Waals surface area (Å²) >= 11 is 0. The van der Waals surface area contributed by atoms with E-state index in [2.05, 4.69) is 11.6 Å². The quantitative estimate of drug-likeness (QED) is 0.594. The summed E-state index contributed by atoms with van der Waals surface area (Å²) in [6.07, 6.45) is 1.27. The predicted molar refractivity (Wildman–Crippen MR) is 52.9 cm³/mol. The predicted octanol–water partition coefficient (Wildman–Crippen LogP) is 1.03. The molecule has 0 unspecified atom stereocenters. The van der Waals surface area contributed by atoms with E-state index in [-0.39, 0.29) is 24.6 Å². The van der Waals surface area contributed by atoms with Crippen LogP contribution in [0.25, 0.3) is 0 Å². The number of esters is 1. The Hall–Kier alpha value is -2.11. The zero-order chi connectivity index (χ0) is 12.1. The van der Waals surface area contributed by atoms with Gasteiger partial charge in [-0.25, -0.2) is 14.6 Å². The van der Waals surface area contributed by atoms with E-state index in [1.807, 2.05) is 0 Å². The highest BCUT2D eigenvalue weighted by Gasteiger charge is 2.10. The Balaban J connectivity index is 2.40. The largest absolute Gasteiger partial charge is 0.476 e. The van der Waals surface area contributed by atoms with E-state index in [1.165, 1.54) is 6.92 Å². The number of hydrogen-bond donors (Lipinski definition) is 1. The SMILES string of the molecule is C=C(C)C(=O)OCCc1nc(C(=O)O)co1. The van der Waals surface area contributed by atoms with Crippen LogP contribution in [0.5, 0.6) is 0 Å². The summed E-state index contributed by atoms with van der Waals surface area (Å²) in [7, 11) is 0. The molecule has 0 aliphatic rings. The number of rotatable bonds is 5. The summed E-state index contributed by atoms with van der Waals surface area (Å²) in [6.45, 7) is 5.03. The van der Waals surface area contributed by atoms with Gasteiger partial charge in [0.2, 0.25) is 0 Å². The molecule has 1 heterocycles. The van der Waals surface area contributed by atoms with Gasteiger partial charge in [-0.1, -0.05) is 6.58 Å². The summed E-state index contributed by atoms with van der Waals surface area (Å²) in [5.74, 6) is -1.44. The summed E-state index contributed by atoms with van der Waals surface area (Å²) in [5.41, 5.74) is 0.139. The number of carboxylic acid groups (broad SMARTS) is 1. The highest BCUT2D eigenvalue weighted by atomic mass is 16.5. The zero-order valence-corrected chi connectivity index (χ0v) is 8.73. The summed E-state index contributed by atoms with van der Waals surface area (Å²) in [4.78, 5) is 25.1. The first-order valence-electron chi connectivity index (χ1n) is 4.51. The second-order valence-electron chi connectivity index (χ2n) is 3.10. The molecule has 1 N–H and O–H groups in total. The van der Waals surface area contributed by atoms with Crippen LogP contribution in [-0.2, 0) is 16.0 Å². The standard InChI is InChI=1S/C10H11NO5/c1-6(2)10(14)15-4-3-8-11-7(5-16-8)9(12)13/h5H,1,3-4H2,2H3,(H,12,13). The molecular formula is C10H11NO5. The minimum absolute atomic E-state index is 0.0747. The van der Waals surface area contributed by atoms with Crippen LogP contribution in [0.1, 0.15) is 23.3 Å². The maximum absolute atomic E-state index is 11.0. The molecule has 0 aromatic carbocycles. The second kappa shape index (κ2) is 5.11. The number of nitrogens with zero attached hydrogens (tertiary/aromatic N) is 1. The first-order chi connectivity index (χ1) is 7.50. The first kappa shape index (κ1) is 12.0. The maximum atomic E-state index is 11.0. The molecule has 0 saturated heterocycles. The monoisotopic (exact) mass is 225 g/mol. The molecular weight excluding hydrogens is 214 g/mol. The van der Waals surface area contributed by atoms with Gasteiger partial charge in [0.05, 0.1) is 6.42 Å². The Morgan fingerprint density at radius 3 is 2.81 bits per heavy atom. The van der Waals surface area contributed by atoms with Crippen molar-refractivity contribution in [3.63, 3.8) is 0 Å². The molecule has 86 valence electrons. The third-order valence-electron chi connectivity index (χ3n) is 1.67. The van der Waals surface area contributed by atoms with Crippen molar-refractivity contribution in [2.24, 2.45) is 0 Å². The van der Waals surface area contributed by atoms with Crippen molar-refractivity contribution in [3.8, 4) is 0 Å². The van der Waals surface area contributed by atoms with Gasteiger partial charge in [0.1, 0.15) is 12.9 Å². The van der Waals surface area contributed by atoms with Crippen LogP contribution < -0.4 is 0 Å². The fourth-order valence-corrected chi connectivity index (χ4v) is 0.878. The molecule has 0 saturated carbocycles. The Morgan fingerprint density at radius 2 is 2.31 bits per heavy atom. The van der Waals surface area contributed by atoms with Crippen molar-refractivity contribution in [1.29, 1.82) is 0 Å². The van der Waals surface area contributed by atoms with Crippen molar-refractivity contribution in [2.75, 3.05) is 6.61 Å². The molecule has 16 heavy (non-hydrogen) atoms. The Morgan fingerprint density at radius 1 is 1.62 bits per heavy atom. The maximum Gasteiger partial charge on any atom is 0.357 e. The van der Waals surface area contributed by atoms with Gasteiger partial charge in [-0.2, -0.15) is 0 Å². The molecule has 1 aromatic heterocycles. The lowest BCUT2D eigenvalue weighted by atomic mass is 10.3.